The van der Waals surface area contributed by atoms with Crippen LogP contribution in [0.2, 0.25) is 0 Å². The van der Waals surface area contributed by atoms with Gasteiger partial charge < -0.3 is 4.90 Å². The predicted molar refractivity (Wildman–Crippen MR) is 68.6 cm³/mol. The Morgan fingerprint density at radius 3 is 3.11 bits per heavy atom. The molecule has 0 aromatic carbocycles. The molecule has 2 rings (SSSR count). The molecule has 2 N–H and O–H groups in total. The van der Waals surface area contributed by atoms with Gasteiger partial charge in [-0.3, -0.25) is 5.10 Å². The van der Waals surface area contributed by atoms with Crippen LogP contribution >= 0.6 is 0 Å². The van der Waals surface area contributed by atoms with E-state index < -0.39 is 10.0 Å². The van der Waals surface area contributed by atoms with Crippen molar-refractivity contribution in [2.75, 3.05) is 26.2 Å². The molecule has 1 aromatic heterocycles. The Bertz CT molecular complexity index is 457. The summed E-state index contributed by atoms with van der Waals surface area (Å²) in [6.07, 6.45) is 4.92. The van der Waals surface area contributed by atoms with E-state index in [4.69, 9.17) is 0 Å². The molecule has 0 amide bonds. The minimum Gasteiger partial charge on any atom is -0.303 e. The average molecular weight is 272 g/mol. The van der Waals surface area contributed by atoms with Gasteiger partial charge in [-0.05, 0) is 31.8 Å². The Morgan fingerprint density at radius 2 is 2.44 bits per heavy atom. The van der Waals surface area contributed by atoms with Crippen molar-refractivity contribution in [3.63, 3.8) is 0 Å². The molecule has 0 aliphatic carbocycles. The molecule has 102 valence electrons. The minimum atomic E-state index is -3.40. The zero-order valence-electron chi connectivity index (χ0n) is 10.6. The smallest absolute Gasteiger partial charge is 0.243 e. The lowest BCUT2D eigenvalue weighted by molar-refractivity contribution is 0.325. The maximum atomic E-state index is 11.9. The van der Waals surface area contributed by atoms with Crippen molar-refractivity contribution in [1.29, 1.82) is 0 Å². The van der Waals surface area contributed by atoms with Crippen LogP contribution in [0.25, 0.3) is 0 Å². The zero-order chi connectivity index (χ0) is 13.0. The highest BCUT2D eigenvalue weighted by atomic mass is 32.2. The number of nitrogens with one attached hydrogen (secondary N) is 2. The standard InChI is InChI=1S/C11H20N4O2S/c1-2-4-15-5-3-10(9-15)6-14-18(16,17)11-7-12-13-8-11/h7-8,10,14H,2-6,9H2,1H3,(H,12,13)/t10-/m0/s1. The van der Waals surface area contributed by atoms with E-state index in [1.54, 1.807) is 0 Å². The molecule has 7 heteroatoms. The van der Waals surface area contributed by atoms with Crippen LogP contribution in [0.5, 0.6) is 0 Å². The minimum absolute atomic E-state index is 0.200. The lowest BCUT2D eigenvalue weighted by Gasteiger charge is -2.14. The van der Waals surface area contributed by atoms with Gasteiger partial charge in [0.15, 0.2) is 0 Å². The summed E-state index contributed by atoms with van der Waals surface area (Å²) >= 11 is 0. The van der Waals surface area contributed by atoms with E-state index in [9.17, 15) is 8.42 Å². The summed E-state index contributed by atoms with van der Waals surface area (Å²) in [5.74, 6) is 0.415. The Balaban J connectivity index is 1.82. The van der Waals surface area contributed by atoms with Crippen molar-refractivity contribution >= 4 is 10.0 Å². The van der Waals surface area contributed by atoms with Gasteiger partial charge in [-0.1, -0.05) is 6.92 Å². The molecule has 0 saturated carbocycles. The summed E-state index contributed by atoms with van der Waals surface area (Å²) in [6.45, 7) is 5.83. The molecule has 1 saturated heterocycles. The first kappa shape index (κ1) is 13.5. The molecule has 2 heterocycles. The second-order valence-electron chi connectivity index (χ2n) is 4.74. The van der Waals surface area contributed by atoms with Crippen molar-refractivity contribution in [3.05, 3.63) is 12.4 Å². The number of H-pyrrole nitrogens is 1. The lowest BCUT2D eigenvalue weighted by atomic mass is 10.1. The van der Waals surface area contributed by atoms with E-state index in [0.29, 0.717) is 12.5 Å². The highest BCUT2D eigenvalue weighted by Crippen LogP contribution is 2.16. The molecule has 0 bridgehead atoms. The first-order valence-electron chi connectivity index (χ1n) is 6.32. The van der Waals surface area contributed by atoms with Crippen LogP contribution in [0.15, 0.2) is 17.3 Å². The fourth-order valence-corrected chi connectivity index (χ4v) is 3.32. The summed E-state index contributed by atoms with van der Waals surface area (Å²) in [5.41, 5.74) is 0. The number of sulfonamides is 1. The largest absolute Gasteiger partial charge is 0.303 e. The highest BCUT2D eigenvalue weighted by molar-refractivity contribution is 7.89. The van der Waals surface area contributed by atoms with E-state index in [-0.39, 0.29) is 4.90 Å². The van der Waals surface area contributed by atoms with Gasteiger partial charge in [-0.2, -0.15) is 5.10 Å². The van der Waals surface area contributed by atoms with Gasteiger partial charge in [-0.15, -0.1) is 0 Å². The summed E-state index contributed by atoms with van der Waals surface area (Å²) in [6, 6.07) is 0. The molecule has 1 aliphatic heterocycles. The molecule has 1 aliphatic rings. The fourth-order valence-electron chi connectivity index (χ4n) is 2.30. The average Bonchev–Trinajstić information content (AvgIpc) is 2.98. The number of aromatic amines is 1. The second kappa shape index (κ2) is 5.81. The molecule has 0 radical (unpaired) electrons. The van der Waals surface area contributed by atoms with Gasteiger partial charge in [0.1, 0.15) is 4.90 Å². The summed E-state index contributed by atoms with van der Waals surface area (Å²) in [4.78, 5) is 2.59. The van der Waals surface area contributed by atoms with Crippen molar-refractivity contribution < 1.29 is 8.42 Å². The van der Waals surface area contributed by atoms with Gasteiger partial charge in [-0.25, -0.2) is 13.1 Å². The van der Waals surface area contributed by atoms with Crippen LogP contribution in [-0.4, -0.2) is 49.7 Å². The van der Waals surface area contributed by atoms with Gasteiger partial charge in [0.2, 0.25) is 10.0 Å². The van der Waals surface area contributed by atoms with E-state index in [1.807, 2.05) is 0 Å². The van der Waals surface area contributed by atoms with Gasteiger partial charge in [0.25, 0.3) is 0 Å². The maximum Gasteiger partial charge on any atom is 0.243 e. The SMILES string of the molecule is CCCN1CC[C@@H](CNS(=O)(=O)c2cn[nH]c2)C1. The molecule has 18 heavy (non-hydrogen) atoms. The van der Waals surface area contributed by atoms with Crippen LogP contribution in [-0.2, 0) is 10.0 Å². The number of hydrogen-bond donors (Lipinski definition) is 2. The van der Waals surface area contributed by atoms with Crippen molar-refractivity contribution in [2.45, 2.75) is 24.7 Å². The Labute approximate surface area is 108 Å². The summed E-state index contributed by atoms with van der Waals surface area (Å²) in [7, 11) is -3.40. The van der Waals surface area contributed by atoms with Gasteiger partial charge in [0.05, 0.1) is 6.20 Å². The second-order valence-corrected chi connectivity index (χ2v) is 6.51. The summed E-state index contributed by atoms with van der Waals surface area (Å²) in [5, 5.41) is 6.16. The molecule has 1 fully saturated rings. The number of aromatic nitrogens is 2. The number of hydrogen-bond acceptors (Lipinski definition) is 4. The Kier molecular flexibility index (Phi) is 4.36. The molecular formula is C11H20N4O2S. The van der Waals surface area contributed by atoms with E-state index in [2.05, 4.69) is 26.7 Å². The zero-order valence-corrected chi connectivity index (χ0v) is 11.4. The number of rotatable bonds is 6. The van der Waals surface area contributed by atoms with Crippen LogP contribution in [0.4, 0.5) is 0 Å². The monoisotopic (exact) mass is 272 g/mol. The summed E-state index contributed by atoms with van der Waals surface area (Å²) < 4.78 is 26.4. The molecule has 1 aromatic rings. The van der Waals surface area contributed by atoms with Crippen LogP contribution < -0.4 is 4.72 Å². The van der Waals surface area contributed by atoms with Gasteiger partial charge in [0, 0.05) is 19.3 Å². The molecule has 1 atom stereocenters. The van der Waals surface area contributed by atoms with Gasteiger partial charge >= 0.3 is 0 Å². The highest BCUT2D eigenvalue weighted by Gasteiger charge is 2.24. The first-order chi connectivity index (χ1) is 8.62. The topological polar surface area (TPSA) is 78.1 Å². The molecular weight excluding hydrogens is 252 g/mol. The number of likely N-dealkylation sites (tertiary alicyclic amines) is 1. The van der Waals surface area contributed by atoms with Crippen LogP contribution in [0, 0.1) is 5.92 Å². The molecule has 0 unspecified atom stereocenters. The van der Waals surface area contributed by atoms with Crippen LogP contribution in [0.3, 0.4) is 0 Å². The van der Waals surface area contributed by atoms with E-state index in [0.717, 1.165) is 32.5 Å². The quantitative estimate of drug-likeness (QED) is 0.787. The Hall–Kier alpha value is -0.920. The third-order valence-corrected chi connectivity index (χ3v) is 4.65. The van der Waals surface area contributed by atoms with Crippen molar-refractivity contribution in [2.24, 2.45) is 5.92 Å². The lowest BCUT2D eigenvalue weighted by Crippen LogP contribution is -2.31. The first-order valence-corrected chi connectivity index (χ1v) is 7.81. The third-order valence-electron chi connectivity index (χ3n) is 3.26. The van der Waals surface area contributed by atoms with Crippen molar-refractivity contribution in [1.82, 2.24) is 19.8 Å². The third kappa shape index (κ3) is 3.30. The predicted octanol–water partition coefficient (Wildman–Crippen LogP) is 0.420. The number of nitrogens with zero attached hydrogens (tertiary/aromatic N) is 2. The van der Waals surface area contributed by atoms with E-state index in [1.165, 1.54) is 12.4 Å². The fraction of sp³-hybridized carbons (Fsp3) is 0.727. The Morgan fingerprint density at radius 1 is 1.61 bits per heavy atom. The van der Waals surface area contributed by atoms with E-state index >= 15 is 0 Å². The molecule has 0 spiro atoms. The van der Waals surface area contributed by atoms with Crippen LogP contribution in [0.1, 0.15) is 19.8 Å². The maximum absolute atomic E-state index is 11.9. The normalized spacial score (nSPS) is 21.5. The van der Waals surface area contributed by atoms with Crippen molar-refractivity contribution in [3.8, 4) is 0 Å². The molecule has 6 nitrogen and oxygen atoms in total.